The molecule has 0 fully saturated rings. The van der Waals surface area contributed by atoms with Crippen molar-refractivity contribution in [3.63, 3.8) is 0 Å². The number of hydrogen-bond acceptors (Lipinski definition) is 12. The number of rotatable bonds is 17. The largest absolute Gasteiger partial charge is 0.465 e. The Morgan fingerprint density at radius 2 is 1.27 bits per heavy atom. The van der Waals surface area contributed by atoms with Crippen molar-refractivity contribution >= 4 is 69.9 Å². The van der Waals surface area contributed by atoms with Crippen LogP contribution in [0.5, 0.6) is 0 Å². The molecule has 56 heavy (non-hydrogen) atoms. The fraction of sp³-hybridized carbons (Fsp3) is 0.333. The molecule has 17 heteroatoms. The molecule has 6 N–H and O–H groups in total. The molecule has 0 aliphatic carbocycles. The Balaban J connectivity index is 1.47. The van der Waals surface area contributed by atoms with Gasteiger partial charge in [-0.2, -0.15) is 0 Å². The molecule has 2 amide bonds. The first-order valence-electron chi connectivity index (χ1n) is 17.5. The minimum Gasteiger partial charge on any atom is -0.465 e. The van der Waals surface area contributed by atoms with E-state index in [9.17, 15) is 29.4 Å². The first-order valence-corrected chi connectivity index (χ1v) is 18.6. The maximum atomic E-state index is 13.4. The Hall–Kier alpha value is -4.67. The van der Waals surface area contributed by atoms with E-state index in [1.807, 2.05) is 0 Å². The molecular formula is C39H43Cl3N6O8. The van der Waals surface area contributed by atoms with Crippen molar-refractivity contribution in [1.29, 1.82) is 0 Å². The summed E-state index contributed by atoms with van der Waals surface area (Å²) in [4.78, 5) is 59.8. The summed E-state index contributed by atoms with van der Waals surface area (Å²) >= 11 is 20.1. The van der Waals surface area contributed by atoms with E-state index in [1.165, 1.54) is 26.1 Å². The van der Waals surface area contributed by atoms with Crippen molar-refractivity contribution in [2.45, 2.75) is 58.8 Å². The SMILES string of the molecule is CCOC(=O)[C@](C)(CO)NCc1ccc(C(=O)Nc2cccc(-c3cccc(NC(=O)c4nc(C)c(CN[C@@](C)(CO)C(=O)OCC)cc4Cl)c3Cl)c2Cl)nc1. The molecule has 298 valence electrons. The number of aromatic nitrogens is 2. The topological polar surface area (TPSA) is 201 Å². The number of anilines is 2. The van der Waals surface area contributed by atoms with Crippen LogP contribution in [0.3, 0.4) is 0 Å². The molecule has 0 saturated carbocycles. The van der Waals surface area contributed by atoms with Gasteiger partial charge in [0.25, 0.3) is 11.8 Å². The highest BCUT2D eigenvalue weighted by molar-refractivity contribution is 6.40. The maximum absolute atomic E-state index is 13.4. The Morgan fingerprint density at radius 1 is 0.750 bits per heavy atom. The summed E-state index contributed by atoms with van der Waals surface area (Å²) in [5.74, 6) is -2.37. The minimum absolute atomic E-state index is 0.0463. The van der Waals surface area contributed by atoms with E-state index < -0.39 is 48.0 Å². The standard InChI is InChI=1S/C39H43Cl3N6O8/c1-6-55-36(53)38(4,20-49)44-18-23-14-15-30(43-17-23)34(51)47-28-12-8-10-25(31(28)41)26-11-9-13-29(32(26)42)48-35(52)33-27(40)16-24(22(3)46-33)19-45-39(5,21-50)37(54)56-7-2/h8-17,44-45,49-50H,6-7,18-21H2,1-5H3,(H,47,51)(H,48,52)/t38-,39-/m0/s1. The number of aliphatic hydroxyl groups is 2. The van der Waals surface area contributed by atoms with E-state index in [0.717, 1.165) is 0 Å². The molecule has 0 saturated heterocycles. The quantitative estimate of drug-likeness (QED) is 0.0708. The zero-order valence-corrected chi connectivity index (χ0v) is 33.7. The number of amides is 2. The molecular weight excluding hydrogens is 787 g/mol. The molecule has 4 rings (SSSR count). The summed E-state index contributed by atoms with van der Waals surface area (Å²) < 4.78 is 10.1. The van der Waals surface area contributed by atoms with Crippen LogP contribution >= 0.6 is 34.8 Å². The lowest BCUT2D eigenvalue weighted by molar-refractivity contribution is -0.153. The number of carbonyl (C=O) groups excluding carboxylic acids is 4. The van der Waals surface area contributed by atoms with Gasteiger partial charge in [-0.1, -0.05) is 65.1 Å². The molecule has 0 aliphatic heterocycles. The Kier molecular flexibility index (Phi) is 15.3. The van der Waals surface area contributed by atoms with Crippen LogP contribution in [-0.2, 0) is 32.2 Å². The third-order valence-corrected chi connectivity index (χ3v) is 9.87. The number of benzene rings is 2. The molecule has 0 bridgehead atoms. The van der Waals surface area contributed by atoms with Gasteiger partial charge in [0.05, 0.1) is 52.9 Å². The Morgan fingerprint density at radius 3 is 1.75 bits per heavy atom. The van der Waals surface area contributed by atoms with Crippen LogP contribution in [0.15, 0.2) is 60.8 Å². The fourth-order valence-electron chi connectivity index (χ4n) is 5.21. The van der Waals surface area contributed by atoms with Gasteiger partial charge >= 0.3 is 11.9 Å². The zero-order chi connectivity index (χ0) is 41.2. The second-order valence-electron chi connectivity index (χ2n) is 13.0. The van der Waals surface area contributed by atoms with Crippen molar-refractivity contribution < 1.29 is 38.9 Å². The smallest absolute Gasteiger partial charge is 0.328 e. The van der Waals surface area contributed by atoms with Crippen molar-refractivity contribution in [1.82, 2.24) is 20.6 Å². The number of ether oxygens (including phenoxy) is 2. The van der Waals surface area contributed by atoms with E-state index in [2.05, 4.69) is 31.2 Å². The molecule has 2 atom stereocenters. The molecule has 0 radical (unpaired) electrons. The van der Waals surface area contributed by atoms with Crippen molar-refractivity contribution in [3.8, 4) is 11.1 Å². The minimum atomic E-state index is -1.36. The molecule has 2 aromatic carbocycles. The van der Waals surface area contributed by atoms with E-state index in [0.29, 0.717) is 27.9 Å². The summed E-state index contributed by atoms with van der Waals surface area (Å²) in [5, 5.41) is 31.4. The number of halogens is 3. The maximum Gasteiger partial charge on any atom is 0.328 e. The number of esters is 2. The lowest BCUT2D eigenvalue weighted by Gasteiger charge is -2.26. The second kappa shape index (κ2) is 19.5. The number of pyridine rings is 2. The van der Waals surface area contributed by atoms with Crippen LogP contribution in [0.4, 0.5) is 11.4 Å². The summed E-state index contributed by atoms with van der Waals surface area (Å²) in [7, 11) is 0. The van der Waals surface area contributed by atoms with Crippen LogP contribution in [0, 0.1) is 6.92 Å². The molecule has 0 spiro atoms. The van der Waals surface area contributed by atoms with Gasteiger partial charge in [-0.15, -0.1) is 0 Å². The highest BCUT2D eigenvalue weighted by atomic mass is 35.5. The number of aliphatic hydroxyl groups excluding tert-OH is 2. The van der Waals surface area contributed by atoms with Crippen molar-refractivity contribution in [2.24, 2.45) is 0 Å². The molecule has 2 aromatic heterocycles. The number of aryl methyl sites for hydroxylation is 1. The number of nitrogens with zero attached hydrogens (tertiary/aromatic N) is 2. The molecule has 0 aliphatic rings. The highest BCUT2D eigenvalue weighted by Crippen LogP contribution is 2.40. The van der Waals surface area contributed by atoms with Gasteiger partial charge in [0.1, 0.15) is 22.5 Å². The Bertz CT molecular complexity index is 2090. The van der Waals surface area contributed by atoms with E-state index >= 15 is 0 Å². The van der Waals surface area contributed by atoms with Gasteiger partial charge in [0, 0.05) is 36.1 Å². The normalized spacial score (nSPS) is 13.2. The zero-order valence-electron chi connectivity index (χ0n) is 31.4. The molecule has 0 unspecified atom stereocenters. The average Bonchev–Trinajstić information content (AvgIpc) is 3.19. The van der Waals surface area contributed by atoms with Crippen molar-refractivity contribution in [2.75, 3.05) is 37.1 Å². The van der Waals surface area contributed by atoms with Crippen LogP contribution in [0.2, 0.25) is 15.1 Å². The summed E-state index contributed by atoms with van der Waals surface area (Å²) in [6, 6.07) is 14.7. The Labute approximate surface area is 339 Å². The van der Waals surface area contributed by atoms with Gasteiger partial charge in [-0.3, -0.25) is 25.2 Å². The highest BCUT2D eigenvalue weighted by Gasteiger charge is 2.35. The van der Waals surface area contributed by atoms with E-state index in [4.69, 9.17) is 44.3 Å². The summed E-state index contributed by atoms with van der Waals surface area (Å²) in [5.41, 5.74) is 0.531. The van der Waals surface area contributed by atoms with Crippen molar-refractivity contribution in [3.05, 3.63) is 104 Å². The number of hydrogen-bond donors (Lipinski definition) is 6. The number of carbonyl (C=O) groups is 4. The summed E-state index contributed by atoms with van der Waals surface area (Å²) in [6.07, 6.45) is 1.47. The van der Waals surface area contributed by atoms with Crippen LogP contribution < -0.4 is 21.3 Å². The van der Waals surface area contributed by atoms with Crippen LogP contribution in [-0.4, -0.2) is 81.4 Å². The first-order chi connectivity index (χ1) is 26.6. The summed E-state index contributed by atoms with van der Waals surface area (Å²) in [6.45, 7) is 7.70. The monoisotopic (exact) mass is 828 g/mol. The van der Waals surface area contributed by atoms with E-state index in [-0.39, 0.29) is 64.1 Å². The molecule has 2 heterocycles. The lowest BCUT2D eigenvalue weighted by Crippen LogP contribution is -2.53. The van der Waals surface area contributed by atoms with Gasteiger partial charge in [-0.25, -0.2) is 14.6 Å². The third kappa shape index (κ3) is 10.4. The lowest BCUT2D eigenvalue weighted by atomic mass is 10.0. The molecule has 4 aromatic rings. The third-order valence-electron chi connectivity index (χ3n) is 8.76. The van der Waals surface area contributed by atoms with Gasteiger partial charge in [0.15, 0.2) is 0 Å². The van der Waals surface area contributed by atoms with Gasteiger partial charge < -0.3 is 30.3 Å². The fourth-order valence-corrected chi connectivity index (χ4v) is 6.02. The second-order valence-corrected chi connectivity index (χ2v) is 14.1. The van der Waals surface area contributed by atoms with Crippen LogP contribution in [0.1, 0.15) is 65.5 Å². The van der Waals surface area contributed by atoms with Gasteiger partial charge in [0.2, 0.25) is 0 Å². The predicted molar refractivity (Wildman–Crippen MR) is 214 cm³/mol. The average molecular weight is 830 g/mol. The first kappa shape index (κ1) is 44.0. The van der Waals surface area contributed by atoms with E-state index in [1.54, 1.807) is 69.3 Å². The predicted octanol–water partition coefficient (Wildman–Crippen LogP) is 5.72. The molecule has 14 nitrogen and oxygen atoms in total. The van der Waals surface area contributed by atoms with Crippen LogP contribution in [0.25, 0.3) is 11.1 Å². The van der Waals surface area contributed by atoms with Gasteiger partial charge in [-0.05, 0) is 70.0 Å². The number of nitrogens with one attached hydrogen (secondary N) is 4.